The van der Waals surface area contributed by atoms with Crippen molar-refractivity contribution in [2.45, 2.75) is 25.7 Å². The number of ether oxygens (including phenoxy) is 2. The van der Waals surface area contributed by atoms with Gasteiger partial charge >= 0.3 is 0 Å². The number of nitrogens with one attached hydrogen (secondary N) is 1. The minimum absolute atomic E-state index is 0.216. The fraction of sp³-hybridized carbons (Fsp3) is 0.286. The fourth-order valence-electron chi connectivity index (χ4n) is 4.93. The second-order valence-electron chi connectivity index (χ2n) is 9.33. The van der Waals surface area contributed by atoms with Gasteiger partial charge in [-0.15, -0.1) is 0 Å². The number of pyridine rings is 1. The predicted molar refractivity (Wildman–Crippen MR) is 144 cm³/mol. The lowest BCUT2D eigenvalue weighted by Gasteiger charge is -2.30. The van der Waals surface area contributed by atoms with Crippen LogP contribution in [-0.2, 0) is 24.4 Å². The van der Waals surface area contributed by atoms with E-state index in [4.69, 9.17) is 37.7 Å². The van der Waals surface area contributed by atoms with Gasteiger partial charge < -0.3 is 23.8 Å². The van der Waals surface area contributed by atoms with Gasteiger partial charge in [0.15, 0.2) is 6.10 Å². The molecule has 0 saturated carbocycles. The summed E-state index contributed by atoms with van der Waals surface area (Å²) >= 11 is 11.9. The number of rotatable bonds is 6. The average Bonchev–Trinajstić information content (AvgIpc) is 3.45. The molecule has 1 saturated heterocycles. The van der Waals surface area contributed by atoms with Crippen LogP contribution in [0.25, 0.3) is 10.9 Å². The number of morpholine rings is 1. The molecule has 4 aromatic rings. The quantitative estimate of drug-likeness (QED) is 0.328. The Hall–Kier alpha value is -3.17. The smallest absolute Gasteiger partial charge is 0.254 e. The van der Waals surface area contributed by atoms with Gasteiger partial charge in [0, 0.05) is 42.8 Å². The van der Waals surface area contributed by atoms with Gasteiger partial charge in [-0.1, -0.05) is 36.0 Å². The molecule has 0 radical (unpaired) electrons. The molecule has 1 amide bonds. The van der Waals surface area contributed by atoms with Crippen LogP contribution in [0.4, 0.5) is 0 Å². The van der Waals surface area contributed by atoms with E-state index in [2.05, 4.69) is 26.9 Å². The van der Waals surface area contributed by atoms with Crippen LogP contribution in [-0.4, -0.2) is 41.7 Å². The molecule has 1 N–H and O–H groups in total. The van der Waals surface area contributed by atoms with Gasteiger partial charge in [0.1, 0.15) is 11.5 Å². The third-order valence-corrected chi connectivity index (χ3v) is 7.50. The van der Waals surface area contributed by atoms with E-state index in [1.807, 2.05) is 42.6 Å². The normalized spacial score (nSPS) is 17.5. The van der Waals surface area contributed by atoms with Crippen LogP contribution in [0.1, 0.15) is 33.3 Å². The van der Waals surface area contributed by atoms with E-state index >= 15 is 0 Å². The number of carbonyl (C=O) groups is 1. The zero-order valence-electron chi connectivity index (χ0n) is 20.1. The van der Waals surface area contributed by atoms with Gasteiger partial charge in [-0.3, -0.25) is 9.69 Å². The van der Waals surface area contributed by atoms with E-state index in [9.17, 15) is 4.79 Å². The van der Waals surface area contributed by atoms with Crippen LogP contribution < -0.4 is 10.1 Å². The Bertz CT molecular complexity index is 1490. The van der Waals surface area contributed by atoms with Gasteiger partial charge in [-0.25, -0.2) is 0 Å². The molecule has 0 unspecified atom stereocenters. The van der Waals surface area contributed by atoms with Crippen molar-refractivity contribution in [3.05, 3.63) is 93.0 Å². The molecule has 2 aliphatic heterocycles. The third kappa shape index (κ3) is 5.02. The Morgan fingerprint density at radius 2 is 1.92 bits per heavy atom. The summed E-state index contributed by atoms with van der Waals surface area (Å²) in [5, 5.41) is 4.51. The van der Waals surface area contributed by atoms with Gasteiger partial charge in [0.05, 0.1) is 41.6 Å². The molecule has 0 aliphatic carbocycles. The van der Waals surface area contributed by atoms with E-state index in [-0.39, 0.29) is 12.0 Å². The van der Waals surface area contributed by atoms with Crippen molar-refractivity contribution >= 4 is 40.6 Å². The van der Waals surface area contributed by atoms with E-state index in [1.165, 1.54) is 0 Å². The minimum Gasteiger partial charge on any atom is -0.478 e. The Kier molecular flexibility index (Phi) is 6.73. The first-order chi connectivity index (χ1) is 18.0. The molecule has 2 aliphatic rings. The molecule has 2 aromatic carbocycles. The zero-order valence-corrected chi connectivity index (χ0v) is 21.7. The summed E-state index contributed by atoms with van der Waals surface area (Å²) in [6, 6.07) is 15.3. The van der Waals surface area contributed by atoms with Gasteiger partial charge in [-0.2, -0.15) is 0 Å². The van der Waals surface area contributed by atoms with Crippen molar-refractivity contribution in [2.75, 3.05) is 26.3 Å². The van der Waals surface area contributed by atoms with Gasteiger partial charge in [-0.05, 0) is 47.5 Å². The second-order valence-corrected chi connectivity index (χ2v) is 10.2. The van der Waals surface area contributed by atoms with Crippen molar-refractivity contribution in [2.24, 2.45) is 0 Å². The topological polar surface area (TPSA) is 68.9 Å². The van der Waals surface area contributed by atoms with E-state index in [0.29, 0.717) is 28.2 Å². The summed E-state index contributed by atoms with van der Waals surface area (Å²) in [6.45, 7) is 4.83. The molecule has 2 aromatic heterocycles. The standard InChI is InChI=1S/C28H26ClN3O4S/c29-20-5-3-18(4-6-20)14-30-28(33)22-16-32-17-25(23-2-1-9-35-23)36-24-13-19(12-21(26(24)32)27(22)37)15-31-7-10-34-11-8-31/h1-6,9,12-13,16,25H,7-8,10-11,14-15,17H2,(H,30,33)/t25-/m0/s1. The highest BCUT2D eigenvalue weighted by Gasteiger charge is 2.27. The maximum absolute atomic E-state index is 13.3. The highest BCUT2D eigenvalue weighted by Crippen LogP contribution is 2.38. The lowest BCUT2D eigenvalue weighted by molar-refractivity contribution is 0.0341. The summed E-state index contributed by atoms with van der Waals surface area (Å²) in [4.78, 5) is 15.7. The van der Waals surface area contributed by atoms with Crippen LogP contribution in [0.15, 0.2) is 65.4 Å². The van der Waals surface area contributed by atoms with Crippen molar-refractivity contribution in [3.8, 4) is 5.75 Å². The molecule has 37 heavy (non-hydrogen) atoms. The maximum Gasteiger partial charge on any atom is 0.254 e. The highest BCUT2D eigenvalue weighted by atomic mass is 35.5. The number of nitrogens with zero attached hydrogens (tertiary/aromatic N) is 2. The van der Waals surface area contributed by atoms with Crippen LogP contribution in [0.2, 0.25) is 5.02 Å². The number of aromatic nitrogens is 1. The largest absolute Gasteiger partial charge is 0.478 e. The average molecular weight is 536 g/mol. The molecule has 4 heterocycles. The first kappa shape index (κ1) is 24.2. The number of halogens is 1. The van der Waals surface area contributed by atoms with Crippen LogP contribution in [0.5, 0.6) is 5.75 Å². The maximum atomic E-state index is 13.3. The lowest BCUT2D eigenvalue weighted by atomic mass is 10.0. The predicted octanol–water partition coefficient (Wildman–Crippen LogP) is 5.51. The van der Waals surface area contributed by atoms with E-state index in [1.54, 1.807) is 6.26 Å². The van der Waals surface area contributed by atoms with Crippen molar-refractivity contribution in [3.63, 3.8) is 0 Å². The molecule has 7 nitrogen and oxygen atoms in total. The SMILES string of the molecule is O=C(NCc1ccc(Cl)cc1)c1cn2c3c(cc(CN4CCOCC4)cc3c1=S)O[C@H](c1ccco1)C2. The first-order valence-electron chi connectivity index (χ1n) is 12.3. The molecule has 1 atom stereocenters. The zero-order chi connectivity index (χ0) is 25.4. The number of carbonyl (C=O) groups excluding carboxylic acids is 1. The summed E-state index contributed by atoms with van der Waals surface area (Å²) in [6.07, 6.45) is 3.17. The van der Waals surface area contributed by atoms with Gasteiger partial charge in [0.2, 0.25) is 0 Å². The molecular weight excluding hydrogens is 510 g/mol. The van der Waals surface area contributed by atoms with E-state index < -0.39 is 0 Å². The molecule has 0 spiro atoms. The summed E-state index contributed by atoms with van der Waals surface area (Å²) < 4.78 is 20.2. The van der Waals surface area contributed by atoms with Crippen molar-refractivity contribution < 1.29 is 18.7 Å². The molecule has 1 fully saturated rings. The Balaban J connectivity index is 1.38. The number of hydrogen-bond acceptors (Lipinski definition) is 6. The Morgan fingerprint density at radius 1 is 1.11 bits per heavy atom. The van der Waals surface area contributed by atoms with Crippen LogP contribution in [0.3, 0.4) is 0 Å². The monoisotopic (exact) mass is 535 g/mol. The van der Waals surface area contributed by atoms with Crippen LogP contribution >= 0.6 is 23.8 Å². The lowest BCUT2D eigenvalue weighted by Crippen LogP contribution is -2.35. The number of furan rings is 1. The number of hydrogen-bond donors (Lipinski definition) is 1. The molecule has 0 bridgehead atoms. The summed E-state index contributed by atoms with van der Waals surface area (Å²) in [7, 11) is 0. The summed E-state index contributed by atoms with van der Waals surface area (Å²) in [5.41, 5.74) is 3.40. The molecule has 6 rings (SSSR count). The van der Waals surface area contributed by atoms with Crippen LogP contribution in [0, 0.1) is 4.51 Å². The number of amides is 1. The van der Waals surface area contributed by atoms with E-state index in [0.717, 1.165) is 66.4 Å². The van der Waals surface area contributed by atoms with Crippen molar-refractivity contribution in [1.82, 2.24) is 14.8 Å². The molecular formula is C28H26ClN3O4S. The first-order valence-corrected chi connectivity index (χ1v) is 13.1. The highest BCUT2D eigenvalue weighted by molar-refractivity contribution is 7.71. The molecule has 190 valence electrons. The second kappa shape index (κ2) is 10.3. The Labute approximate surface area is 224 Å². The third-order valence-electron chi connectivity index (χ3n) is 6.81. The number of benzene rings is 2. The Morgan fingerprint density at radius 3 is 2.68 bits per heavy atom. The van der Waals surface area contributed by atoms with Gasteiger partial charge in [0.25, 0.3) is 5.91 Å². The summed E-state index contributed by atoms with van der Waals surface area (Å²) in [5.74, 6) is 1.26. The fourth-order valence-corrected chi connectivity index (χ4v) is 5.36. The minimum atomic E-state index is -0.310. The molecule has 9 heteroatoms. The van der Waals surface area contributed by atoms with Crippen molar-refractivity contribution in [1.29, 1.82) is 0 Å².